The Balaban J connectivity index is 1.42. The number of hydrogen-bond acceptors (Lipinski definition) is 4. The number of piperazine rings is 1. The molecule has 5 heteroatoms. The monoisotopic (exact) mass is 360 g/mol. The molecule has 0 aliphatic carbocycles. The molecule has 1 N–H and O–H groups in total. The zero-order valence-electron chi connectivity index (χ0n) is 15.6. The zero-order chi connectivity index (χ0) is 18.6. The molecule has 27 heavy (non-hydrogen) atoms. The smallest absolute Gasteiger partial charge is 0.255 e. The Labute approximate surface area is 159 Å². The number of anilines is 2. The van der Waals surface area contributed by atoms with Gasteiger partial charge in [-0.15, -0.1) is 0 Å². The summed E-state index contributed by atoms with van der Waals surface area (Å²) >= 11 is 0. The van der Waals surface area contributed by atoms with Crippen molar-refractivity contribution in [3.8, 4) is 0 Å². The van der Waals surface area contributed by atoms with E-state index in [-0.39, 0.29) is 5.91 Å². The predicted octanol–water partition coefficient (Wildman–Crippen LogP) is 3.63. The van der Waals surface area contributed by atoms with Crippen LogP contribution in [-0.2, 0) is 0 Å². The third-order valence-corrected chi connectivity index (χ3v) is 5.18. The van der Waals surface area contributed by atoms with Crippen LogP contribution < -0.4 is 10.2 Å². The number of nitrogens with one attached hydrogen (secondary N) is 1. The second kappa shape index (κ2) is 7.76. The third-order valence-electron chi connectivity index (χ3n) is 5.18. The van der Waals surface area contributed by atoms with E-state index in [9.17, 15) is 4.79 Å². The van der Waals surface area contributed by atoms with Crippen LogP contribution in [0, 0.1) is 0 Å². The lowest BCUT2D eigenvalue weighted by Gasteiger charge is -2.35. The van der Waals surface area contributed by atoms with E-state index in [4.69, 9.17) is 0 Å². The van der Waals surface area contributed by atoms with E-state index in [2.05, 4.69) is 27.0 Å². The van der Waals surface area contributed by atoms with E-state index in [0.717, 1.165) is 49.3 Å². The standard InChI is InChI=1S/C22H24N4O/c1-2-25-12-14-26(15-13-25)20-8-5-17(6-9-20)22(27)24-19-7-10-21-18(16-19)4-3-11-23-21/h3-11,16H,2,12-15H2,1H3,(H,24,27). The van der Waals surface area contributed by atoms with Crippen molar-refractivity contribution in [3.63, 3.8) is 0 Å². The molecule has 5 nitrogen and oxygen atoms in total. The Morgan fingerprint density at radius 3 is 2.56 bits per heavy atom. The molecule has 2 aromatic carbocycles. The number of rotatable bonds is 4. The second-order valence-corrected chi connectivity index (χ2v) is 6.83. The first-order valence-electron chi connectivity index (χ1n) is 9.46. The SMILES string of the molecule is CCN1CCN(c2ccc(C(=O)Nc3ccc4ncccc4c3)cc2)CC1. The molecule has 0 spiro atoms. The average Bonchev–Trinajstić information content (AvgIpc) is 2.74. The number of carbonyl (C=O) groups is 1. The number of aromatic nitrogens is 1. The number of pyridine rings is 1. The van der Waals surface area contributed by atoms with Crippen LogP contribution in [0.2, 0.25) is 0 Å². The van der Waals surface area contributed by atoms with Crippen LogP contribution in [0.5, 0.6) is 0 Å². The second-order valence-electron chi connectivity index (χ2n) is 6.83. The van der Waals surface area contributed by atoms with Crippen LogP contribution in [0.3, 0.4) is 0 Å². The maximum Gasteiger partial charge on any atom is 0.255 e. The Bertz CT molecular complexity index is 930. The number of hydrogen-bond donors (Lipinski definition) is 1. The summed E-state index contributed by atoms with van der Waals surface area (Å²) in [4.78, 5) is 21.7. The molecule has 0 atom stereocenters. The maximum atomic E-state index is 12.6. The highest BCUT2D eigenvalue weighted by Gasteiger charge is 2.16. The van der Waals surface area contributed by atoms with Crippen molar-refractivity contribution in [1.29, 1.82) is 0 Å². The van der Waals surface area contributed by atoms with E-state index in [1.807, 2.05) is 54.6 Å². The first-order valence-corrected chi connectivity index (χ1v) is 9.46. The lowest BCUT2D eigenvalue weighted by molar-refractivity contribution is 0.102. The molecule has 0 saturated carbocycles. The minimum atomic E-state index is -0.0967. The summed E-state index contributed by atoms with van der Waals surface area (Å²) in [6.45, 7) is 7.56. The highest BCUT2D eigenvalue weighted by molar-refractivity contribution is 6.05. The van der Waals surface area contributed by atoms with Crippen molar-refractivity contribution < 1.29 is 4.79 Å². The molecular weight excluding hydrogens is 336 g/mol. The Kier molecular flexibility index (Phi) is 5.03. The summed E-state index contributed by atoms with van der Waals surface area (Å²) in [5.74, 6) is -0.0967. The number of fused-ring (bicyclic) bond motifs is 1. The van der Waals surface area contributed by atoms with Crippen LogP contribution in [0.1, 0.15) is 17.3 Å². The number of benzene rings is 2. The molecule has 1 aromatic heterocycles. The van der Waals surface area contributed by atoms with Crippen LogP contribution in [0.25, 0.3) is 10.9 Å². The van der Waals surface area contributed by atoms with Crippen LogP contribution >= 0.6 is 0 Å². The van der Waals surface area contributed by atoms with Gasteiger partial charge in [0.05, 0.1) is 5.52 Å². The predicted molar refractivity (Wildman–Crippen MR) is 110 cm³/mol. The molecule has 0 unspecified atom stereocenters. The van der Waals surface area contributed by atoms with Gasteiger partial charge >= 0.3 is 0 Å². The number of likely N-dealkylation sites (N-methyl/N-ethyl adjacent to an activating group) is 1. The van der Waals surface area contributed by atoms with Gasteiger partial charge in [0.1, 0.15) is 0 Å². The summed E-state index contributed by atoms with van der Waals surface area (Å²) < 4.78 is 0. The fraction of sp³-hybridized carbons (Fsp3) is 0.273. The quantitative estimate of drug-likeness (QED) is 0.772. The molecule has 1 saturated heterocycles. The molecule has 0 bridgehead atoms. The van der Waals surface area contributed by atoms with Gasteiger partial charge in [-0.1, -0.05) is 13.0 Å². The third kappa shape index (κ3) is 3.93. The Morgan fingerprint density at radius 1 is 1.04 bits per heavy atom. The molecular formula is C22H24N4O. The van der Waals surface area contributed by atoms with E-state index < -0.39 is 0 Å². The fourth-order valence-electron chi connectivity index (χ4n) is 3.50. The average molecular weight is 360 g/mol. The number of nitrogens with zero attached hydrogens (tertiary/aromatic N) is 3. The Hall–Kier alpha value is -2.92. The highest BCUT2D eigenvalue weighted by atomic mass is 16.1. The summed E-state index contributed by atoms with van der Waals surface area (Å²) in [6, 6.07) is 17.5. The van der Waals surface area contributed by atoms with Crippen molar-refractivity contribution in [1.82, 2.24) is 9.88 Å². The highest BCUT2D eigenvalue weighted by Crippen LogP contribution is 2.20. The van der Waals surface area contributed by atoms with Crippen molar-refractivity contribution in [2.45, 2.75) is 6.92 Å². The Morgan fingerprint density at radius 2 is 1.81 bits per heavy atom. The molecule has 3 aromatic rings. The van der Waals surface area contributed by atoms with Crippen LogP contribution in [-0.4, -0.2) is 48.5 Å². The molecule has 0 radical (unpaired) electrons. The largest absolute Gasteiger partial charge is 0.369 e. The summed E-state index contributed by atoms with van der Waals surface area (Å²) in [5, 5.41) is 3.99. The van der Waals surface area contributed by atoms with Gasteiger partial charge in [0, 0.05) is 54.7 Å². The normalized spacial score (nSPS) is 15.1. The van der Waals surface area contributed by atoms with Gasteiger partial charge in [0.2, 0.25) is 0 Å². The lowest BCUT2D eigenvalue weighted by atomic mass is 10.1. The van der Waals surface area contributed by atoms with Crippen LogP contribution in [0.4, 0.5) is 11.4 Å². The fourth-order valence-corrected chi connectivity index (χ4v) is 3.50. The van der Waals surface area contributed by atoms with E-state index in [1.165, 1.54) is 5.69 Å². The lowest BCUT2D eigenvalue weighted by Crippen LogP contribution is -2.46. The van der Waals surface area contributed by atoms with Crippen LogP contribution in [0.15, 0.2) is 60.8 Å². The molecule has 1 fully saturated rings. The van der Waals surface area contributed by atoms with Gasteiger partial charge in [-0.3, -0.25) is 9.78 Å². The minimum absolute atomic E-state index is 0.0967. The van der Waals surface area contributed by atoms with Crippen molar-refractivity contribution in [3.05, 3.63) is 66.4 Å². The number of carbonyl (C=O) groups excluding carboxylic acids is 1. The summed E-state index contributed by atoms with van der Waals surface area (Å²) in [6.07, 6.45) is 1.77. The van der Waals surface area contributed by atoms with Gasteiger partial charge in [-0.05, 0) is 55.1 Å². The first-order chi connectivity index (χ1) is 13.2. The van der Waals surface area contributed by atoms with Gasteiger partial charge in [-0.25, -0.2) is 0 Å². The van der Waals surface area contributed by atoms with E-state index >= 15 is 0 Å². The molecule has 2 heterocycles. The van der Waals surface area contributed by atoms with Gasteiger partial charge in [0.15, 0.2) is 0 Å². The van der Waals surface area contributed by atoms with Gasteiger partial charge in [-0.2, -0.15) is 0 Å². The molecule has 138 valence electrons. The van der Waals surface area contributed by atoms with Crippen molar-refractivity contribution in [2.75, 3.05) is 42.9 Å². The summed E-state index contributed by atoms with van der Waals surface area (Å²) in [7, 11) is 0. The summed E-state index contributed by atoms with van der Waals surface area (Å²) in [5.41, 5.74) is 3.54. The van der Waals surface area contributed by atoms with Crippen molar-refractivity contribution in [2.24, 2.45) is 0 Å². The van der Waals surface area contributed by atoms with Gasteiger partial charge < -0.3 is 15.1 Å². The molecule has 1 amide bonds. The van der Waals surface area contributed by atoms with E-state index in [1.54, 1.807) is 6.20 Å². The maximum absolute atomic E-state index is 12.6. The zero-order valence-corrected chi connectivity index (χ0v) is 15.6. The van der Waals surface area contributed by atoms with E-state index in [0.29, 0.717) is 5.56 Å². The number of amides is 1. The topological polar surface area (TPSA) is 48.5 Å². The first kappa shape index (κ1) is 17.5. The molecule has 1 aliphatic rings. The molecule has 4 rings (SSSR count). The molecule has 1 aliphatic heterocycles. The minimum Gasteiger partial charge on any atom is -0.369 e. The van der Waals surface area contributed by atoms with Crippen molar-refractivity contribution >= 4 is 28.2 Å². The van der Waals surface area contributed by atoms with Gasteiger partial charge in [0.25, 0.3) is 5.91 Å².